The van der Waals surface area contributed by atoms with Crippen LogP contribution in [0.2, 0.25) is 10.0 Å². The summed E-state index contributed by atoms with van der Waals surface area (Å²) in [5, 5.41) is 10.9. The highest BCUT2D eigenvalue weighted by atomic mass is 35.5. The minimum absolute atomic E-state index is 0.242. The lowest BCUT2D eigenvalue weighted by atomic mass is 9.81. The molecule has 1 aliphatic heterocycles. The van der Waals surface area contributed by atoms with Gasteiger partial charge in [0, 0.05) is 21.2 Å². The molecule has 1 saturated heterocycles. The molecular weight excluding hydrogens is 399 g/mol. The maximum Gasteiger partial charge on any atom is 0.344 e. The first-order valence-electron chi connectivity index (χ1n) is 8.50. The van der Waals surface area contributed by atoms with Crippen molar-refractivity contribution in [3.63, 3.8) is 0 Å². The van der Waals surface area contributed by atoms with Crippen LogP contribution >= 0.6 is 23.2 Å². The van der Waals surface area contributed by atoms with Gasteiger partial charge in [-0.2, -0.15) is 0 Å². The third kappa shape index (κ3) is 2.90. The topological polar surface area (TPSA) is 63.6 Å². The lowest BCUT2D eigenvalue weighted by Gasteiger charge is -2.28. The lowest BCUT2D eigenvalue weighted by molar-refractivity contribution is -0.151. The minimum Gasteiger partial charge on any atom is -0.439 e. The molecule has 3 aromatic carbocycles. The Balaban J connectivity index is 1.88. The van der Waals surface area contributed by atoms with Crippen molar-refractivity contribution in [2.75, 3.05) is 0 Å². The monoisotopic (exact) mass is 412 g/mol. The molecule has 2 unspecified atom stereocenters. The number of esters is 1. The molecule has 28 heavy (non-hydrogen) atoms. The summed E-state index contributed by atoms with van der Waals surface area (Å²) in [5.74, 6) is -1.75. The van der Waals surface area contributed by atoms with E-state index in [0.29, 0.717) is 16.1 Å². The molecule has 2 atom stereocenters. The van der Waals surface area contributed by atoms with Crippen LogP contribution in [0.5, 0.6) is 0 Å². The number of Topliss-reactive ketones (excluding diaryl/α,β-unsaturated/α-hetero) is 1. The molecule has 1 N–H and O–H groups in total. The fourth-order valence-electron chi connectivity index (χ4n) is 3.40. The summed E-state index contributed by atoms with van der Waals surface area (Å²) in [4.78, 5) is 24.9. The number of aliphatic hydroxyl groups excluding tert-OH is 1. The maximum absolute atomic E-state index is 12.9. The highest BCUT2D eigenvalue weighted by Crippen LogP contribution is 2.44. The molecule has 0 aliphatic carbocycles. The van der Waals surface area contributed by atoms with Gasteiger partial charge in [0.1, 0.15) is 0 Å². The SMILES string of the molecule is O=C1OC(c2ccccc2)(c2ccc(-c3ccc(Cl)cc3)cc2Cl)C(=O)C1O. The Bertz CT molecular complexity index is 1060. The highest BCUT2D eigenvalue weighted by molar-refractivity contribution is 6.32. The molecule has 0 spiro atoms. The number of cyclic esters (lactones) is 1. The molecule has 4 nitrogen and oxygen atoms in total. The zero-order chi connectivity index (χ0) is 19.9. The maximum atomic E-state index is 12.9. The molecule has 0 bridgehead atoms. The van der Waals surface area contributed by atoms with E-state index >= 15 is 0 Å². The summed E-state index contributed by atoms with van der Waals surface area (Å²) < 4.78 is 5.45. The van der Waals surface area contributed by atoms with E-state index in [-0.39, 0.29) is 5.02 Å². The van der Waals surface area contributed by atoms with Gasteiger partial charge in [0.15, 0.2) is 0 Å². The van der Waals surface area contributed by atoms with Crippen molar-refractivity contribution in [3.8, 4) is 11.1 Å². The number of rotatable bonds is 3. The van der Waals surface area contributed by atoms with Gasteiger partial charge in [0.05, 0.1) is 0 Å². The van der Waals surface area contributed by atoms with Gasteiger partial charge in [0.25, 0.3) is 0 Å². The second kappa shape index (κ2) is 7.06. The molecule has 1 heterocycles. The van der Waals surface area contributed by atoms with Gasteiger partial charge < -0.3 is 9.84 Å². The number of ketones is 1. The van der Waals surface area contributed by atoms with E-state index in [1.807, 2.05) is 12.1 Å². The van der Waals surface area contributed by atoms with Crippen LogP contribution in [0.25, 0.3) is 11.1 Å². The number of hydrogen-bond acceptors (Lipinski definition) is 4. The third-order valence-electron chi connectivity index (χ3n) is 4.78. The van der Waals surface area contributed by atoms with Crippen LogP contribution in [0.15, 0.2) is 72.8 Å². The van der Waals surface area contributed by atoms with Gasteiger partial charge in [-0.15, -0.1) is 0 Å². The van der Waals surface area contributed by atoms with E-state index in [1.54, 1.807) is 60.7 Å². The first-order chi connectivity index (χ1) is 13.4. The average Bonchev–Trinajstić information content (AvgIpc) is 2.94. The van der Waals surface area contributed by atoms with Gasteiger partial charge in [-0.25, -0.2) is 4.79 Å². The van der Waals surface area contributed by atoms with E-state index < -0.39 is 23.5 Å². The molecule has 1 aliphatic rings. The van der Waals surface area contributed by atoms with Crippen LogP contribution in [-0.2, 0) is 19.9 Å². The smallest absolute Gasteiger partial charge is 0.344 e. The molecule has 0 amide bonds. The summed E-state index contributed by atoms with van der Waals surface area (Å²) >= 11 is 12.5. The van der Waals surface area contributed by atoms with Crippen molar-refractivity contribution in [1.82, 2.24) is 0 Å². The Labute approximate surface area is 171 Å². The molecule has 1 fully saturated rings. The van der Waals surface area contributed by atoms with Crippen molar-refractivity contribution < 1.29 is 19.4 Å². The second-order valence-corrected chi connectivity index (χ2v) is 7.28. The highest BCUT2D eigenvalue weighted by Gasteiger charge is 2.58. The van der Waals surface area contributed by atoms with Crippen molar-refractivity contribution in [3.05, 3.63) is 94.0 Å². The zero-order valence-electron chi connectivity index (χ0n) is 14.4. The third-order valence-corrected chi connectivity index (χ3v) is 5.34. The molecule has 0 radical (unpaired) electrons. The molecule has 4 rings (SSSR count). The fourth-order valence-corrected chi connectivity index (χ4v) is 3.84. The van der Waals surface area contributed by atoms with E-state index in [4.69, 9.17) is 27.9 Å². The predicted octanol–water partition coefficient (Wildman–Crippen LogP) is 4.39. The lowest BCUT2D eigenvalue weighted by Crippen LogP contribution is -2.37. The first kappa shape index (κ1) is 18.7. The number of hydrogen-bond donors (Lipinski definition) is 1. The zero-order valence-corrected chi connectivity index (χ0v) is 15.9. The number of carbonyl (C=O) groups excluding carboxylic acids is 2. The predicted molar refractivity (Wildman–Crippen MR) is 106 cm³/mol. The standard InChI is InChI=1S/C22H14Cl2O4/c23-16-9-6-13(7-10-16)14-8-11-17(18(24)12-14)22(15-4-2-1-3-5-15)20(26)19(25)21(27)28-22/h1-12,19,25H. The van der Waals surface area contributed by atoms with Crippen LogP contribution in [0.1, 0.15) is 11.1 Å². The molecule has 0 saturated carbocycles. The summed E-state index contributed by atoms with van der Waals surface area (Å²) in [6.45, 7) is 0. The quantitative estimate of drug-likeness (QED) is 0.511. The summed E-state index contributed by atoms with van der Waals surface area (Å²) in [5.41, 5.74) is 0.638. The van der Waals surface area contributed by atoms with Crippen LogP contribution in [-0.4, -0.2) is 23.0 Å². The van der Waals surface area contributed by atoms with Gasteiger partial charge in [0.2, 0.25) is 17.5 Å². The Hall–Kier alpha value is -2.66. The fraction of sp³-hybridized carbons (Fsp3) is 0.0909. The number of halogens is 2. The summed E-state index contributed by atoms with van der Waals surface area (Å²) in [6.07, 6.45) is -1.85. The Morgan fingerprint density at radius 3 is 2.07 bits per heavy atom. The van der Waals surface area contributed by atoms with Crippen LogP contribution in [0.3, 0.4) is 0 Å². The Morgan fingerprint density at radius 1 is 0.857 bits per heavy atom. The number of carbonyl (C=O) groups is 2. The average molecular weight is 413 g/mol. The Kier molecular flexibility index (Phi) is 4.71. The second-order valence-electron chi connectivity index (χ2n) is 6.44. The number of aliphatic hydroxyl groups is 1. The van der Waals surface area contributed by atoms with Gasteiger partial charge in [-0.05, 0) is 29.3 Å². The van der Waals surface area contributed by atoms with E-state index in [2.05, 4.69) is 0 Å². The van der Waals surface area contributed by atoms with Crippen LogP contribution < -0.4 is 0 Å². The first-order valence-corrected chi connectivity index (χ1v) is 9.26. The van der Waals surface area contributed by atoms with Gasteiger partial charge >= 0.3 is 5.97 Å². The van der Waals surface area contributed by atoms with Crippen molar-refractivity contribution in [2.24, 2.45) is 0 Å². The van der Waals surface area contributed by atoms with Crippen LogP contribution in [0, 0.1) is 0 Å². The van der Waals surface area contributed by atoms with E-state index in [0.717, 1.165) is 11.1 Å². The van der Waals surface area contributed by atoms with E-state index in [9.17, 15) is 14.7 Å². The van der Waals surface area contributed by atoms with E-state index in [1.165, 1.54) is 0 Å². The largest absolute Gasteiger partial charge is 0.439 e. The van der Waals surface area contributed by atoms with Gasteiger partial charge in [-0.1, -0.05) is 77.8 Å². The van der Waals surface area contributed by atoms with Crippen molar-refractivity contribution >= 4 is 35.0 Å². The Morgan fingerprint density at radius 2 is 1.50 bits per heavy atom. The minimum atomic E-state index is -1.85. The van der Waals surface area contributed by atoms with Crippen molar-refractivity contribution in [2.45, 2.75) is 11.7 Å². The van der Waals surface area contributed by atoms with Gasteiger partial charge in [-0.3, -0.25) is 4.79 Å². The normalized spacial score (nSPS) is 21.6. The van der Waals surface area contributed by atoms with Crippen molar-refractivity contribution in [1.29, 1.82) is 0 Å². The summed E-state index contributed by atoms with van der Waals surface area (Å²) in [6, 6.07) is 20.9. The molecule has 140 valence electrons. The van der Waals surface area contributed by atoms with Crippen LogP contribution in [0.4, 0.5) is 0 Å². The molecule has 0 aromatic heterocycles. The summed E-state index contributed by atoms with van der Waals surface area (Å²) in [7, 11) is 0. The molecule has 3 aromatic rings. The number of ether oxygens (including phenoxy) is 1. The number of benzene rings is 3. The molecule has 6 heteroatoms. The molecular formula is C22H14Cl2O4.